The van der Waals surface area contributed by atoms with Gasteiger partial charge in [-0.2, -0.15) is 0 Å². The molecule has 1 aliphatic rings. The summed E-state index contributed by atoms with van der Waals surface area (Å²) < 4.78 is 0. The average molecular weight is 214 g/mol. The number of amides is 1. The van der Waals surface area contributed by atoms with Crippen molar-refractivity contribution in [2.75, 3.05) is 19.6 Å². The molecule has 0 aromatic carbocycles. The Bertz CT molecular complexity index is 192. The van der Waals surface area contributed by atoms with Crippen LogP contribution in [-0.4, -0.2) is 47.4 Å². The molecule has 1 unspecified atom stereocenters. The smallest absolute Gasteiger partial charge is 0.219 e. The van der Waals surface area contributed by atoms with E-state index in [0.717, 1.165) is 19.6 Å². The molecule has 0 saturated carbocycles. The molecule has 0 radical (unpaired) electrons. The maximum atomic E-state index is 11.2. The highest BCUT2D eigenvalue weighted by molar-refractivity contribution is 5.73. The van der Waals surface area contributed by atoms with Crippen LogP contribution in [-0.2, 0) is 4.79 Å². The molecule has 1 fully saturated rings. The van der Waals surface area contributed by atoms with Crippen molar-refractivity contribution in [2.45, 2.75) is 53.6 Å². The summed E-state index contributed by atoms with van der Waals surface area (Å²) in [6.45, 7) is 15.1. The third-order valence-corrected chi connectivity index (χ3v) is 2.79. The Labute approximate surface area is 94.4 Å². The Balaban J connectivity index is 0.000000921. The Morgan fingerprint density at radius 2 is 1.80 bits per heavy atom. The summed E-state index contributed by atoms with van der Waals surface area (Å²) in [5, 5.41) is 0. The molecular formula is C12H26N2O. The lowest BCUT2D eigenvalue weighted by atomic mass is 10.1. The SMILES string of the molecule is CC.CC(=O)N1CCN(C(C)C)CC1C. The molecular weight excluding hydrogens is 188 g/mol. The van der Waals surface area contributed by atoms with Gasteiger partial charge in [0.2, 0.25) is 5.91 Å². The topological polar surface area (TPSA) is 23.6 Å². The van der Waals surface area contributed by atoms with Crippen molar-refractivity contribution in [1.82, 2.24) is 9.80 Å². The lowest BCUT2D eigenvalue weighted by molar-refractivity contribution is -0.133. The second-order valence-corrected chi connectivity index (χ2v) is 4.15. The standard InChI is InChI=1S/C10H20N2O.C2H6/c1-8(2)11-5-6-12(10(4)13)9(3)7-11;1-2/h8-9H,5-7H2,1-4H3;1-2H3. The van der Waals surface area contributed by atoms with Crippen LogP contribution in [0.2, 0.25) is 0 Å². The van der Waals surface area contributed by atoms with Crippen LogP contribution >= 0.6 is 0 Å². The molecule has 0 aromatic rings. The number of carbonyl (C=O) groups is 1. The molecule has 0 bridgehead atoms. The first kappa shape index (κ1) is 14.4. The quantitative estimate of drug-likeness (QED) is 0.666. The predicted octanol–water partition coefficient (Wildman–Crippen LogP) is 1.97. The minimum absolute atomic E-state index is 0.205. The van der Waals surface area contributed by atoms with Crippen LogP contribution < -0.4 is 0 Å². The Morgan fingerprint density at radius 1 is 1.27 bits per heavy atom. The fourth-order valence-corrected chi connectivity index (χ4v) is 1.92. The number of hydrogen-bond acceptors (Lipinski definition) is 2. The molecule has 3 heteroatoms. The molecule has 1 atom stereocenters. The lowest BCUT2D eigenvalue weighted by Gasteiger charge is -2.41. The van der Waals surface area contributed by atoms with E-state index in [1.54, 1.807) is 6.92 Å². The normalized spacial score (nSPS) is 22.3. The van der Waals surface area contributed by atoms with Gasteiger partial charge in [0.05, 0.1) is 0 Å². The van der Waals surface area contributed by atoms with Gasteiger partial charge in [-0.25, -0.2) is 0 Å². The van der Waals surface area contributed by atoms with E-state index in [4.69, 9.17) is 0 Å². The fraction of sp³-hybridized carbons (Fsp3) is 0.917. The minimum Gasteiger partial charge on any atom is -0.338 e. The monoisotopic (exact) mass is 214 g/mol. The van der Waals surface area contributed by atoms with Crippen molar-refractivity contribution in [3.63, 3.8) is 0 Å². The van der Waals surface area contributed by atoms with Crippen molar-refractivity contribution in [3.05, 3.63) is 0 Å². The van der Waals surface area contributed by atoms with Crippen molar-refractivity contribution in [3.8, 4) is 0 Å². The third-order valence-electron chi connectivity index (χ3n) is 2.79. The highest BCUT2D eigenvalue weighted by Gasteiger charge is 2.26. The molecule has 15 heavy (non-hydrogen) atoms. The van der Waals surface area contributed by atoms with Crippen LogP contribution in [0, 0.1) is 0 Å². The molecule has 1 heterocycles. The van der Waals surface area contributed by atoms with E-state index in [1.165, 1.54) is 0 Å². The molecule has 0 aliphatic carbocycles. The van der Waals surface area contributed by atoms with Crippen LogP contribution in [0.15, 0.2) is 0 Å². The first-order valence-corrected chi connectivity index (χ1v) is 6.03. The number of nitrogens with zero attached hydrogens (tertiary/aromatic N) is 2. The zero-order valence-electron chi connectivity index (χ0n) is 11.1. The minimum atomic E-state index is 0.205. The lowest BCUT2D eigenvalue weighted by Crippen LogP contribution is -2.55. The Hall–Kier alpha value is -0.570. The van der Waals surface area contributed by atoms with Gasteiger partial charge in [-0.15, -0.1) is 0 Å². The van der Waals surface area contributed by atoms with Gasteiger partial charge in [-0.1, -0.05) is 13.8 Å². The Kier molecular flexibility index (Phi) is 6.57. The molecule has 0 N–H and O–H groups in total. The van der Waals surface area contributed by atoms with Gasteiger partial charge in [-0.05, 0) is 20.8 Å². The molecule has 90 valence electrons. The summed E-state index contributed by atoms with van der Waals surface area (Å²) in [4.78, 5) is 15.6. The number of rotatable bonds is 1. The van der Waals surface area contributed by atoms with E-state index in [9.17, 15) is 4.79 Å². The van der Waals surface area contributed by atoms with Gasteiger partial charge in [0.25, 0.3) is 0 Å². The average Bonchev–Trinajstić information content (AvgIpc) is 2.20. The van der Waals surface area contributed by atoms with Crippen molar-refractivity contribution >= 4 is 5.91 Å². The predicted molar refractivity (Wildman–Crippen MR) is 64.9 cm³/mol. The maximum absolute atomic E-state index is 11.2. The summed E-state index contributed by atoms with van der Waals surface area (Å²) >= 11 is 0. The number of carbonyl (C=O) groups excluding carboxylic acids is 1. The maximum Gasteiger partial charge on any atom is 0.219 e. The van der Waals surface area contributed by atoms with Crippen LogP contribution in [0.25, 0.3) is 0 Å². The van der Waals surface area contributed by atoms with Gasteiger partial charge in [-0.3, -0.25) is 9.69 Å². The van der Waals surface area contributed by atoms with Crippen LogP contribution in [0.1, 0.15) is 41.5 Å². The van der Waals surface area contributed by atoms with Crippen LogP contribution in [0.4, 0.5) is 0 Å². The van der Waals surface area contributed by atoms with Gasteiger partial charge >= 0.3 is 0 Å². The second kappa shape index (κ2) is 6.83. The number of hydrogen-bond donors (Lipinski definition) is 0. The highest BCUT2D eigenvalue weighted by atomic mass is 16.2. The molecule has 0 aromatic heterocycles. The molecule has 1 saturated heterocycles. The summed E-state index contributed by atoms with van der Waals surface area (Å²) in [5.41, 5.74) is 0. The van der Waals surface area contributed by atoms with E-state index in [-0.39, 0.29) is 5.91 Å². The molecule has 1 amide bonds. The third kappa shape index (κ3) is 4.20. The first-order valence-electron chi connectivity index (χ1n) is 6.03. The summed E-state index contributed by atoms with van der Waals surface area (Å²) in [6, 6.07) is 0.963. The van der Waals surface area contributed by atoms with Crippen LogP contribution in [0.5, 0.6) is 0 Å². The molecule has 0 spiro atoms. The van der Waals surface area contributed by atoms with Gasteiger partial charge in [0.15, 0.2) is 0 Å². The largest absolute Gasteiger partial charge is 0.338 e. The van der Waals surface area contributed by atoms with Crippen LogP contribution in [0.3, 0.4) is 0 Å². The summed E-state index contributed by atoms with van der Waals surface area (Å²) in [5.74, 6) is 0.205. The van der Waals surface area contributed by atoms with Crippen molar-refractivity contribution in [1.29, 1.82) is 0 Å². The highest BCUT2D eigenvalue weighted by Crippen LogP contribution is 2.11. The zero-order chi connectivity index (χ0) is 12.0. The fourth-order valence-electron chi connectivity index (χ4n) is 1.92. The van der Waals surface area contributed by atoms with E-state index < -0.39 is 0 Å². The summed E-state index contributed by atoms with van der Waals surface area (Å²) in [7, 11) is 0. The van der Waals surface area contributed by atoms with E-state index in [1.807, 2.05) is 18.7 Å². The zero-order valence-corrected chi connectivity index (χ0v) is 11.1. The first-order chi connectivity index (χ1) is 7.02. The van der Waals surface area contributed by atoms with E-state index >= 15 is 0 Å². The molecule has 1 aliphatic heterocycles. The number of piperazine rings is 1. The molecule has 3 nitrogen and oxygen atoms in total. The van der Waals surface area contributed by atoms with Gasteiger partial charge in [0.1, 0.15) is 0 Å². The summed E-state index contributed by atoms with van der Waals surface area (Å²) in [6.07, 6.45) is 0. The Morgan fingerprint density at radius 3 is 2.13 bits per heavy atom. The van der Waals surface area contributed by atoms with Gasteiger partial charge in [0, 0.05) is 38.6 Å². The van der Waals surface area contributed by atoms with Crippen molar-refractivity contribution in [2.24, 2.45) is 0 Å². The van der Waals surface area contributed by atoms with E-state index in [2.05, 4.69) is 25.7 Å². The second-order valence-electron chi connectivity index (χ2n) is 4.15. The van der Waals surface area contributed by atoms with Crippen molar-refractivity contribution < 1.29 is 4.79 Å². The van der Waals surface area contributed by atoms with Gasteiger partial charge < -0.3 is 4.90 Å². The van der Waals surface area contributed by atoms with E-state index in [0.29, 0.717) is 12.1 Å². The molecule has 1 rings (SSSR count).